The first-order chi connectivity index (χ1) is 7.04. The van der Waals surface area contributed by atoms with Crippen LogP contribution in [0.2, 0.25) is 0 Å². The number of hydrogen-bond acceptors (Lipinski definition) is 2. The van der Waals surface area contributed by atoms with Crippen LogP contribution in [-0.4, -0.2) is 15.6 Å². The highest BCUT2D eigenvalue weighted by Crippen LogP contribution is 2.25. The number of hydrogen-bond donors (Lipinski definition) is 1. The van der Waals surface area contributed by atoms with E-state index in [1.165, 1.54) is 4.57 Å². The molecule has 0 aliphatic carbocycles. The number of carbonyl (C=O) groups is 1. The number of aryl methyl sites for hydroxylation is 2. The standard InChI is InChI=1S/C11H13N3O/c1-6-4-5-13-10-9(6)7(2)8(3)14(10)11(12)15/h4-5H,1-3H3,(H2,12,15). The van der Waals surface area contributed by atoms with Gasteiger partial charge in [-0.2, -0.15) is 0 Å². The quantitative estimate of drug-likeness (QED) is 0.710. The molecule has 2 aromatic heterocycles. The lowest BCUT2D eigenvalue weighted by Gasteiger charge is -2.00. The molecule has 0 aliphatic rings. The predicted molar refractivity (Wildman–Crippen MR) is 58.9 cm³/mol. The van der Waals surface area contributed by atoms with Crippen LogP contribution in [0.3, 0.4) is 0 Å². The highest BCUT2D eigenvalue weighted by Gasteiger charge is 2.16. The summed E-state index contributed by atoms with van der Waals surface area (Å²) in [7, 11) is 0. The molecule has 0 saturated heterocycles. The average molecular weight is 203 g/mol. The Labute approximate surface area is 87.7 Å². The maximum atomic E-state index is 11.3. The number of nitrogens with zero attached hydrogens (tertiary/aromatic N) is 2. The Morgan fingerprint density at radius 2 is 2.07 bits per heavy atom. The van der Waals surface area contributed by atoms with Crippen LogP contribution in [0.25, 0.3) is 11.0 Å². The summed E-state index contributed by atoms with van der Waals surface area (Å²) in [5, 5.41) is 1.02. The molecule has 0 radical (unpaired) electrons. The summed E-state index contributed by atoms with van der Waals surface area (Å²) < 4.78 is 1.46. The van der Waals surface area contributed by atoms with Crippen LogP contribution in [0, 0.1) is 20.8 Å². The lowest BCUT2D eigenvalue weighted by Crippen LogP contribution is -2.20. The number of aromatic nitrogens is 2. The molecule has 0 atom stereocenters. The van der Waals surface area contributed by atoms with Crippen molar-refractivity contribution in [1.29, 1.82) is 0 Å². The SMILES string of the molecule is Cc1ccnc2c1c(C)c(C)n2C(N)=O. The van der Waals surface area contributed by atoms with Crippen LogP contribution in [-0.2, 0) is 0 Å². The van der Waals surface area contributed by atoms with Crippen LogP contribution < -0.4 is 5.73 Å². The van der Waals surface area contributed by atoms with E-state index < -0.39 is 6.03 Å². The van der Waals surface area contributed by atoms with E-state index in [0.717, 1.165) is 22.2 Å². The van der Waals surface area contributed by atoms with Gasteiger partial charge in [0, 0.05) is 17.3 Å². The minimum atomic E-state index is -0.483. The molecule has 0 saturated carbocycles. The molecular formula is C11H13N3O. The minimum Gasteiger partial charge on any atom is -0.351 e. The smallest absolute Gasteiger partial charge is 0.324 e. The van der Waals surface area contributed by atoms with E-state index in [1.54, 1.807) is 6.20 Å². The van der Waals surface area contributed by atoms with E-state index in [0.29, 0.717) is 5.65 Å². The number of carbonyl (C=O) groups excluding carboxylic acids is 1. The van der Waals surface area contributed by atoms with Crippen LogP contribution in [0.5, 0.6) is 0 Å². The Morgan fingerprint density at radius 1 is 1.40 bits per heavy atom. The van der Waals surface area contributed by atoms with Crippen LogP contribution in [0.4, 0.5) is 4.79 Å². The molecule has 2 heterocycles. The zero-order valence-electron chi connectivity index (χ0n) is 9.03. The molecule has 0 aliphatic heterocycles. The van der Waals surface area contributed by atoms with Gasteiger partial charge in [-0.05, 0) is 38.0 Å². The number of nitrogens with two attached hydrogens (primary N) is 1. The van der Waals surface area contributed by atoms with Crippen molar-refractivity contribution in [2.45, 2.75) is 20.8 Å². The number of pyridine rings is 1. The molecule has 1 amide bonds. The Bertz CT molecular complexity index is 554. The molecule has 2 aromatic rings. The molecule has 0 unspecified atom stereocenters. The van der Waals surface area contributed by atoms with E-state index in [1.807, 2.05) is 26.8 Å². The zero-order valence-corrected chi connectivity index (χ0v) is 9.03. The molecular weight excluding hydrogens is 190 g/mol. The first-order valence-corrected chi connectivity index (χ1v) is 4.77. The Balaban J connectivity index is 3.00. The van der Waals surface area contributed by atoms with Crippen LogP contribution in [0.1, 0.15) is 16.8 Å². The molecule has 4 heteroatoms. The highest BCUT2D eigenvalue weighted by atomic mass is 16.2. The van der Waals surface area contributed by atoms with Crippen molar-refractivity contribution < 1.29 is 4.79 Å². The summed E-state index contributed by atoms with van der Waals surface area (Å²) in [6.07, 6.45) is 1.69. The predicted octanol–water partition coefficient (Wildman–Crippen LogP) is 1.89. The van der Waals surface area contributed by atoms with Crippen molar-refractivity contribution >= 4 is 17.1 Å². The summed E-state index contributed by atoms with van der Waals surface area (Å²) in [4.78, 5) is 15.5. The normalized spacial score (nSPS) is 10.9. The van der Waals surface area contributed by atoms with Crippen molar-refractivity contribution in [3.63, 3.8) is 0 Å². The summed E-state index contributed by atoms with van der Waals surface area (Å²) in [6, 6.07) is 1.45. The van der Waals surface area contributed by atoms with E-state index in [4.69, 9.17) is 5.73 Å². The van der Waals surface area contributed by atoms with Gasteiger partial charge in [0.05, 0.1) is 0 Å². The summed E-state index contributed by atoms with van der Waals surface area (Å²) in [5.41, 5.74) is 9.01. The van der Waals surface area contributed by atoms with Crippen molar-refractivity contribution in [3.8, 4) is 0 Å². The van der Waals surface area contributed by atoms with Gasteiger partial charge in [-0.3, -0.25) is 4.57 Å². The molecule has 15 heavy (non-hydrogen) atoms. The van der Waals surface area contributed by atoms with Crippen molar-refractivity contribution in [3.05, 3.63) is 29.1 Å². The van der Waals surface area contributed by atoms with E-state index in [-0.39, 0.29) is 0 Å². The van der Waals surface area contributed by atoms with Gasteiger partial charge in [0.15, 0.2) is 0 Å². The molecule has 0 spiro atoms. The first-order valence-electron chi connectivity index (χ1n) is 4.77. The Hall–Kier alpha value is -1.84. The zero-order chi connectivity index (χ0) is 11.2. The van der Waals surface area contributed by atoms with Gasteiger partial charge in [0.1, 0.15) is 5.65 Å². The molecule has 2 rings (SSSR count). The fourth-order valence-corrected chi connectivity index (χ4v) is 1.95. The maximum absolute atomic E-state index is 11.3. The van der Waals surface area contributed by atoms with Gasteiger partial charge in [0.25, 0.3) is 0 Å². The topological polar surface area (TPSA) is 60.9 Å². The second kappa shape index (κ2) is 3.08. The number of primary amides is 1. The molecule has 0 bridgehead atoms. The van der Waals surface area contributed by atoms with Crippen LogP contribution >= 0.6 is 0 Å². The highest BCUT2D eigenvalue weighted by molar-refractivity contribution is 5.93. The second-order valence-electron chi connectivity index (χ2n) is 3.71. The van der Waals surface area contributed by atoms with Crippen molar-refractivity contribution in [2.24, 2.45) is 5.73 Å². The minimum absolute atomic E-state index is 0.483. The van der Waals surface area contributed by atoms with E-state index >= 15 is 0 Å². The third-order valence-corrected chi connectivity index (χ3v) is 2.82. The third-order valence-electron chi connectivity index (χ3n) is 2.82. The summed E-state index contributed by atoms with van der Waals surface area (Å²) in [5.74, 6) is 0. The van der Waals surface area contributed by atoms with Gasteiger partial charge in [-0.25, -0.2) is 9.78 Å². The summed E-state index contributed by atoms with van der Waals surface area (Å²) >= 11 is 0. The largest absolute Gasteiger partial charge is 0.351 e. The van der Waals surface area contributed by atoms with Crippen molar-refractivity contribution in [1.82, 2.24) is 9.55 Å². The number of rotatable bonds is 0. The number of fused-ring (bicyclic) bond motifs is 1. The molecule has 0 aromatic carbocycles. The van der Waals surface area contributed by atoms with Gasteiger partial charge in [0.2, 0.25) is 0 Å². The Morgan fingerprint density at radius 3 is 2.67 bits per heavy atom. The first kappa shape index (κ1) is 9.71. The fourth-order valence-electron chi connectivity index (χ4n) is 1.95. The molecule has 2 N–H and O–H groups in total. The van der Waals surface area contributed by atoms with Crippen molar-refractivity contribution in [2.75, 3.05) is 0 Å². The van der Waals surface area contributed by atoms with E-state index in [2.05, 4.69) is 4.98 Å². The molecule has 0 fully saturated rings. The lowest BCUT2D eigenvalue weighted by atomic mass is 10.1. The maximum Gasteiger partial charge on any atom is 0.324 e. The van der Waals surface area contributed by atoms with Crippen LogP contribution in [0.15, 0.2) is 12.3 Å². The summed E-state index contributed by atoms with van der Waals surface area (Å²) in [6.45, 7) is 5.86. The van der Waals surface area contributed by atoms with Gasteiger partial charge < -0.3 is 5.73 Å². The third kappa shape index (κ3) is 1.21. The van der Waals surface area contributed by atoms with E-state index in [9.17, 15) is 4.79 Å². The van der Waals surface area contributed by atoms with Gasteiger partial charge >= 0.3 is 6.03 Å². The average Bonchev–Trinajstić information content (AvgIpc) is 2.41. The number of amides is 1. The Kier molecular flexibility index (Phi) is 2.00. The lowest BCUT2D eigenvalue weighted by molar-refractivity contribution is 0.250. The molecule has 4 nitrogen and oxygen atoms in total. The second-order valence-corrected chi connectivity index (χ2v) is 3.71. The fraction of sp³-hybridized carbons (Fsp3) is 0.273. The van der Waals surface area contributed by atoms with Gasteiger partial charge in [-0.1, -0.05) is 0 Å². The monoisotopic (exact) mass is 203 g/mol. The molecule has 78 valence electrons. The van der Waals surface area contributed by atoms with Gasteiger partial charge in [-0.15, -0.1) is 0 Å².